The van der Waals surface area contributed by atoms with Gasteiger partial charge in [0, 0.05) is 74.5 Å². The number of carbonyl (C=O) groups excluding carboxylic acids is 6. The molecule has 0 spiro atoms. The molecule has 0 aliphatic carbocycles. The number of phenols is 1. The van der Waals surface area contributed by atoms with Crippen LogP contribution in [0.25, 0.3) is 0 Å². The van der Waals surface area contributed by atoms with Crippen LogP contribution >= 0.6 is 0 Å². The lowest BCUT2D eigenvalue weighted by atomic mass is 9.86. The molecule has 2 unspecified atom stereocenters. The fourth-order valence-corrected chi connectivity index (χ4v) is 9.22. The highest BCUT2D eigenvalue weighted by atomic mass is 19.1. The normalized spacial score (nSPS) is 15.3. The van der Waals surface area contributed by atoms with Crippen molar-refractivity contribution in [1.29, 1.82) is 5.41 Å². The van der Waals surface area contributed by atoms with E-state index in [0.717, 1.165) is 61.9 Å². The number of hydrogen-bond acceptors (Lipinski definition) is 16. The maximum absolute atomic E-state index is 15.1. The fourth-order valence-electron chi connectivity index (χ4n) is 9.22. The van der Waals surface area contributed by atoms with Crippen molar-refractivity contribution in [2.75, 3.05) is 96.2 Å². The van der Waals surface area contributed by atoms with Gasteiger partial charge in [-0.25, -0.2) is 9.38 Å². The molecule has 83 heavy (non-hydrogen) atoms. The first-order valence-corrected chi connectivity index (χ1v) is 28.8. The lowest BCUT2D eigenvalue weighted by Gasteiger charge is -2.38. The number of Topliss-reactive ketones (excluding diaryl/α,β-unsaturated/α-hetero) is 1. The third-order valence-electron chi connectivity index (χ3n) is 14.0. The van der Waals surface area contributed by atoms with Crippen molar-refractivity contribution in [1.82, 2.24) is 25.4 Å². The Morgan fingerprint density at radius 3 is 2.07 bits per heavy atom. The molecule has 21 heteroatoms. The van der Waals surface area contributed by atoms with Crippen LogP contribution in [0.1, 0.15) is 147 Å². The van der Waals surface area contributed by atoms with Gasteiger partial charge >= 0.3 is 0 Å². The Kier molecular flexibility index (Phi) is 30.4. The number of amides is 3. The Bertz CT molecular complexity index is 2700. The van der Waals surface area contributed by atoms with E-state index in [9.17, 15) is 28.8 Å². The van der Waals surface area contributed by atoms with Gasteiger partial charge in [0.2, 0.25) is 5.91 Å². The molecule has 20 nitrogen and oxygen atoms in total. The number of amidine groups is 2. The number of nitrogens with one attached hydrogen (secondary N) is 4. The number of ketones is 1. The van der Waals surface area contributed by atoms with Gasteiger partial charge in [-0.3, -0.25) is 39.3 Å². The number of nitrogens with two attached hydrogens (primary N) is 1. The zero-order valence-corrected chi connectivity index (χ0v) is 49.3. The molecule has 4 aromatic rings. The van der Waals surface area contributed by atoms with Gasteiger partial charge in [-0.15, -0.1) is 0 Å². The summed E-state index contributed by atoms with van der Waals surface area (Å²) in [4.78, 5) is 85.3. The number of aromatic nitrogens is 1. The number of anilines is 2. The Labute approximate surface area is 488 Å². The molecule has 7 rings (SSSR count). The van der Waals surface area contributed by atoms with Gasteiger partial charge in [-0.2, -0.15) is 0 Å². The Morgan fingerprint density at radius 2 is 1.48 bits per heavy atom. The Morgan fingerprint density at radius 1 is 0.867 bits per heavy atom. The molecule has 0 bridgehead atoms. The maximum atomic E-state index is 15.1. The second-order valence-electron chi connectivity index (χ2n) is 20.3. The summed E-state index contributed by atoms with van der Waals surface area (Å²) in [5.74, 6) is -1.79. The predicted molar refractivity (Wildman–Crippen MR) is 321 cm³/mol. The third-order valence-corrected chi connectivity index (χ3v) is 14.0. The molecule has 3 amide bonds. The quantitative estimate of drug-likeness (QED) is 0.0109. The minimum absolute atomic E-state index is 0.00991. The average Bonchev–Trinajstić information content (AvgIpc) is 2.60. The summed E-state index contributed by atoms with van der Waals surface area (Å²) >= 11 is 0. The van der Waals surface area contributed by atoms with Crippen molar-refractivity contribution in [3.63, 3.8) is 0 Å². The fraction of sp³-hybridized carbons (Fsp3) is 0.500. The highest BCUT2D eigenvalue weighted by molar-refractivity contribution is 6.23. The van der Waals surface area contributed by atoms with Crippen LogP contribution in [0.3, 0.4) is 0 Å². The largest absolute Gasteiger partial charge is 0.508 e. The third kappa shape index (κ3) is 21.8. The van der Waals surface area contributed by atoms with E-state index in [1.807, 2.05) is 31.3 Å². The number of hydrogen-bond donors (Lipinski definition) is 6. The van der Waals surface area contributed by atoms with Crippen molar-refractivity contribution >= 4 is 59.1 Å². The summed E-state index contributed by atoms with van der Waals surface area (Å²) in [5, 5.41) is 27.1. The number of fused-ring (bicyclic) bond motifs is 1. The number of carbonyl (C=O) groups is 6. The van der Waals surface area contributed by atoms with Crippen molar-refractivity contribution in [3.05, 3.63) is 119 Å². The number of phenolic OH excluding ortho intramolecular Hbond substituents is 1. The number of aliphatic imine (C=N–C) groups is 1. The van der Waals surface area contributed by atoms with E-state index in [4.69, 9.17) is 30.5 Å². The van der Waals surface area contributed by atoms with Crippen LogP contribution in [0.5, 0.6) is 5.75 Å². The summed E-state index contributed by atoms with van der Waals surface area (Å²) in [6, 6.07) is 19.6. The molecule has 0 saturated carbocycles. The van der Waals surface area contributed by atoms with Crippen LogP contribution in [-0.4, -0.2) is 165 Å². The van der Waals surface area contributed by atoms with Crippen LogP contribution in [0, 0.1) is 11.2 Å². The summed E-state index contributed by atoms with van der Waals surface area (Å²) in [6.45, 7) is 15.7. The molecular formula is C62H87FN10O10. The van der Waals surface area contributed by atoms with Crippen molar-refractivity contribution in [2.24, 2.45) is 10.7 Å². The van der Waals surface area contributed by atoms with E-state index in [-0.39, 0.29) is 54.4 Å². The summed E-state index contributed by atoms with van der Waals surface area (Å²) in [5.41, 5.74) is 9.14. The molecule has 7 N–H and O–H groups in total. The number of aromatic hydroxyl groups is 1. The van der Waals surface area contributed by atoms with E-state index in [1.54, 1.807) is 58.6 Å². The SMILES string of the molecule is CCC.CCCCCCOCCOCCOCCC(=O)N1CCN(c2cc3c(cc2F)C(=O)N(C(CCC=O)C(C)=O)C3=O)CC1.CNC(C)c1ccc(O)cc1.N=C(N=C(N)C1(Nc2cccc(C=O)c2)CCNCC1)c1ccncc1. The van der Waals surface area contributed by atoms with Gasteiger partial charge in [0.1, 0.15) is 30.0 Å². The number of nitrogens with zero attached hydrogens (tertiary/aromatic N) is 5. The summed E-state index contributed by atoms with van der Waals surface area (Å²) < 4.78 is 31.7. The predicted octanol–water partition coefficient (Wildman–Crippen LogP) is 7.93. The molecule has 2 saturated heterocycles. The Hall–Kier alpha value is -7.30. The number of piperazine rings is 1. The maximum Gasteiger partial charge on any atom is 0.262 e. The minimum Gasteiger partial charge on any atom is -0.508 e. The van der Waals surface area contributed by atoms with Crippen molar-refractivity contribution in [3.8, 4) is 5.75 Å². The molecule has 0 radical (unpaired) electrons. The zero-order chi connectivity index (χ0) is 60.6. The van der Waals surface area contributed by atoms with Crippen molar-refractivity contribution < 1.29 is 52.5 Å². The van der Waals surface area contributed by atoms with Gasteiger partial charge in [0.05, 0.1) is 67.9 Å². The van der Waals surface area contributed by atoms with Crippen LogP contribution in [-0.2, 0) is 28.6 Å². The molecule has 2 fully saturated rings. The van der Waals surface area contributed by atoms with Gasteiger partial charge in [0.25, 0.3) is 11.8 Å². The van der Waals surface area contributed by atoms with Crippen LogP contribution in [0.15, 0.2) is 90.2 Å². The van der Waals surface area contributed by atoms with E-state index >= 15 is 4.39 Å². The highest BCUT2D eigenvalue weighted by Crippen LogP contribution is 2.33. The van der Waals surface area contributed by atoms with Crippen LogP contribution < -0.4 is 26.6 Å². The highest BCUT2D eigenvalue weighted by Gasteiger charge is 2.43. The lowest BCUT2D eigenvalue weighted by molar-refractivity contribution is -0.132. The molecule has 4 heterocycles. The molecular weight excluding hydrogens is 1060 g/mol. The molecule has 452 valence electrons. The topological polar surface area (TPSA) is 271 Å². The van der Waals surface area contributed by atoms with E-state index < -0.39 is 35.0 Å². The molecule has 1 aromatic heterocycles. The smallest absolute Gasteiger partial charge is 0.262 e. The van der Waals surface area contributed by atoms with Gasteiger partial charge in [-0.1, -0.05) is 70.7 Å². The second-order valence-corrected chi connectivity index (χ2v) is 20.3. The first kappa shape index (κ1) is 68.2. The van der Waals surface area contributed by atoms with Crippen LogP contribution in [0.2, 0.25) is 0 Å². The zero-order valence-electron chi connectivity index (χ0n) is 49.3. The second kappa shape index (κ2) is 37.0. The number of imide groups is 1. The first-order chi connectivity index (χ1) is 40.1. The standard InChI is InChI=1S/C31H44FN3O8.C19H22N6O.C9H13NO.C3H8/c1-3-4-5-6-15-41-17-19-43-20-18-42-16-9-29(38)34-12-10-33(11-13-34)28-22-25-24(21-26(28)32)30(39)35(31(25)40)27(23(2)37)8-7-14-36;20-17(15-4-8-22-9-5-15)24-18(21)19(6-10-23-11-7-19)25-16-3-1-2-14(12-16)13-26;1-7(10-2)8-3-5-9(11)6-4-8;1-3-2/h14,21-22,27H,3-13,15-20H2,1-2H3;1-5,8-9,12-13,23,25H,6-7,10-11H2,(H3,20,21,24);3-7,10-11H,1-2H3;3H2,1-2H3. The number of pyridine rings is 1. The number of halogens is 1. The van der Waals surface area contributed by atoms with Crippen LogP contribution in [0.4, 0.5) is 15.8 Å². The minimum atomic E-state index is -1.08. The molecule has 2 atom stereocenters. The number of ether oxygens (including phenoxy) is 3. The Balaban J connectivity index is 0.000000309. The number of benzene rings is 3. The van der Waals surface area contributed by atoms with Crippen molar-refractivity contribution in [2.45, 2.75) is 116 Å². The number of aldehydes is 2. The molecule has 3 aliphatic rings. The number of unbranched alkanes of at least 4 members (excludes halogenated alkanes) is 3. The van der Waals surface area contributed by atoms with Gasteiger partial charge in [0.15, 0.2) is 11.6 Å². The first-order valence-electron chi connectivity index (χ1n) is 28.8. The van der Waals surface area contributed by atoms with E-state index in [2.05, 4.69) is 53.6 Å². The average molecular weight is 1150 g/mol. The summed E-state index contributed by atoms with van der Waals surface area (Å²) in [7, 11) is 1.91. The molecule has 3 aromatic carbocycles. The summed E-state index contributed by atoms with van der Waals surface area (Å²) in [6.07, 6.45) is 12.3. The number of piperidine rings is 1. The monoisotopic (exact) mass is 1150 g/mol. The van der Waals surface area contributed by atoms with Gasteiger partial charge < -0.3 is 55.6 Å². The van der Waals surface area contributed by atoms with Gasteiger partial charge in [-0.05, 0) is 114 Å². The van der Waals surface area contributed by atoms with E-state index in [0.29, 0.717) is 87.6 Å². The van der Waals surface area contributed by atoms with E-state index in [1.165, 1.54) is 44.2 Å². The number of rotatable bonds is 27. The molecule has 3 aliphatic heterocycles. The lowest BCUT2D eigenvalue weighted by Crippen LogP contribution is -2.56.